The third kappa shape index (κ3) is 4.71. The predicted octanol–water partition coefficient (Wildman–Crippen LogP) is 3.23. The highest BCUT2D eigenvalue weighted by atomic mass is 16.7. The van der Waals surface area contributed by atoms with Gasteiger partial charge >= 0.3 is 13.1 Å². The summed E-state index contributed by atoms with van der Waals surface area (Å²) in [6.07, 6.45) is 6.47. The summed E-state index contributed by atoms with van der Waals surface area (Å²) >= 11 is 0. The quantitative estimate of drug-likeness (QED) is 0.583. The standard InChI is InChI=1S/C18H29BO5/c1-16(2,3)22-15(20)12-21-14-10-8-13(9-11-14)19-23-17(4,5)18(6,7)24-19/h8-10,14H,11-12H2,1-7H3. The molecule has 2 aliphatic rings. The van der Waals surface area contributed by atoms with Gasteiger partial charge in [0.1, 0.15) is 12.2 Å². The van der Waals surface area contributed by atoms with Crippen molar-refractivity contribution in [3.63, 3.8) is 0 Å². The molecule has 0 aromatic heterocycles. The van der Waals surface area contributed by atoms with Crippen molar-refractivity contribution >= 4 is 13.1 Å². The number of rotatable bonds is 4. The average Bonchev–Trinajstić information content (AvgIpc) is 2.64. The highest BCUT2D eigenvalue weighted by Crippen LogP contribution is 2.39. The first kappa shape index (κ1) is 19.2. The fourth-order valence-corrected chi connectivity index (χ4v) is 2.44. The van der Waals surface area contributed by atoms with Gasteiger partial charge in [-0.25, -0.2) is 4.79 Å². The summed E-state index contributed by atoms with van der Waals surface area (Å²) < 4.78 is 22.9. The summed E-state index contributed by atoms with van der Waals surface area (Å²) in [6, 6.07) is 0. The molecule has 134 valence electrons. The lowest BCUT2D eigenvalue weighted by Gasteiger charge is -2.32. The molecule has 1 aliphatic heterocycles. The highest BCUT2D eigenvalue weighted by molar-refractivity contribution is 6.55. The van der Waals surface area contributed by atoms with Crippen LogP contribution >= 0.6 is 0 Å². The van der Waals surface area contributed by atoms with E-state index < -0.39 is 5.60 Å². The molecule has 2 rings (SSSR count). The minimum atomic E-state index is -0.493. The van der Waals surface area contributed by atoms with Crippen molar-refractivity contribution < 1.29 is 23.6 Å². The number of carbonyl (C=O) groups is 1. The summed E-state index contributed by atoms with van der Waals surface area (Å²) in [5.74, 6) is -0.350. The molecule has 6 heteroatoms. The predicted molar refractivity (Wildman–Crippen MR) is 93.5 cm³/mol. The molecule has 1 atom stereocenters. The Hall–Kier alpha value is -1.11. The van der Waals surface area contributed by atoms with E-state index in [9.17, 15) is 4.79 Å². The zero-order valence-corrected chi connectivity index (χ0v) is 15.8. The Morgan fingerprint density at radius 3 is 2.29 bits per heavy atom. The number of esters is 1. The summed E-state index contributed by atoms with van der Waals surface area (Å²) in [7, 11) is -0.363. The fraction of sp³-hybridized carbons (Fsp3) is 0.722. The lowest BCUT2D eigenvalue weighted by atomic mass is 9.75. The maximum atomic E-state index is 11.7. The Balaban J connectivity index is 1.83. The molecule has 0 bridgehead atoms. The molecule has 1 fully saturated rings. The molecular weight excluding hydrogens is 307 g/mol. The lowest BCUT2D eigenvalue weighted by molar-refractivity contribution is -0.161. The van der Waals surface area contributed by atoms with Crippen LogP contribution in [0.25, 0.3) is 0 Å². The third-order valence-electron chi connectivity index (χ3n) is 4.45. The normalized spacial score (nSPS) is 25.5. The molecule has 5 nitrogen and oxygen atoms in total. The first-order valence-corrected chi connectivity index (χ1v) is 8.47. The maximum Gasteiger partial charge on any atom is 0.494 e. The van der Waals surface area contributed by atoms with Crippen LogP contribution in [-0.4, -0.2) is 42.6 Å². The van der Waals surface area contributed by atoms with E-state index in [0.717, 1.165) is 5.47 Å². The summed E-state index contributed by atoms with van der Waals surface area (Å²) in [6.45, 7) is 13.6. The molecule has 0 radical (unpaired) electrons. The molecule has 1 unspecified atom stereocenters. The minimum absolute atomic E-state index is 0.0497. The zero-order valence-electron chi connectivity index (χ0n) is 15.8. The van der Waals surface area contributed by atoms with Crippen LogP contribution in [0.15, 0.2) is 23.7 Å². The monoisotopic (exact) mass is 336 g/mol. The van der Waals surface area contributed by atoms with E-state index in [-0.39, 0.29) is 37.0 Å². The van der Waals surface area contributed by atoms with Gasteiger partial charge in [0.05, 0.1) is 17.3 Å². The molecule has 0 aromatic carbocycles. The second kappa shape index (κ2) is 6.66. The van der Waals surface area contributed by atoms with E-state index in [4.69, 9.17) is 18.8 Å². The van der Waals surface area contributed by atoms with E-state index in [1.165, 1.54) is 0 Å². The smallest absolute Gasteiger partial charge is 0.458 e. The van der Waals surface area contributed by atoms with Gasteiger partial charge in [-0.15, -0.1) is 0 Å². The number of ether oxygens (including phenoxy) is 2. The molecule has 1 heterocycles. The van der Waals surface area contributed by atoms with E-state index >= 15 is 0 Å². The van der Waals surface area contributed by atoms with Gasteiger partial charge in [0.25, 0.3) is 0 Å². The number of hydrogen-bond donors (Lipinski definition) is 0. The van der Waals surface area contributed by atoms with E-state index in [2.05, 4.69) is 0 Å². The van der Waals surface area contributed by atoms with Gasteiger partial charge in [-0.1, -0.05) is 18.2 Å². The summed E-state index contributed by atoms with van der Waals surface area (Å²) in [5.41, 5.74) is -0.203. The number of carbonyl (C=O) groups excluding carboxylic acids is 1. The molecule has 0 N–H and O–H groups in total. The summed E-state index contributed by atoms with van der Waals surface area (Å²) in [5, 5.41) is 0. The van der Waals surface area contributed by atoms with Crippen LogP contribution in [0, 0.1) is 0 Å². The Bertz CT molecular complexity index is 526. The average molecular weight is 336 g/mol. The SMILES string of the molecule is CC(C)(C)OC(=O)COC1C=CC(B2OC(C)(C)C(C)(C)O2)=CC1. The van der Waals surface area contributed by atoms with Gasteiger partial charge in [-0.05, 0) is 60.4 Å². The van der Waals surface area contributed by atoms with Gasteiger partial charge in [0, 0.05) is 0 Å². The second-order valence-electron chi connectivity index (χ2n) is 8.32. The van der Waals surface area contributed by atoms with Crippen LogP contribution in [0.2, 0.25) is 0 Å². The third-order valence-corrected chi connectivity index (χ3v) is 4.45. The molecule has 0 spiro atoms. The molecule has 0 amide bonds. The van der Waals surface area contributed by atoms with Crippen molar-refractivity contribution in [2.75, 3.05) is 6.61 Å². The van der Waals surface area contributed by atoms with Crippen molar-refractivity contribution in [2.24, 2.45) is 0 Å². The van der Waals surface area contributed by atoms with Crippen molar-refractivity contribution in [3.05, 3.63) is 23.7 Å². The van der Waals surface area contributed by atoms with Crippen molar-refractivity contribution in [3.8, 4) is 0 Å². The molecule has 1 saturated heterocycles. The molecule has 0 saturated carbocycles. The van der Waals surface area contributed by atoms with E-state index in [1.807, 2.05) is 66.7 Å². The van der Waals surface area contributed by atoms with Crippen LogP contribution in [0.5, 0.6) is 0 Å². The summed E-state index contributed by atoms with van der Waals surface area (Å²) in [4.78, 5) is 11.7. The first-order chi connectivity index (χ1) is 10.9. The van der Waals surface area contributed by atoms with Gasteiger partial charge in [-0.2, -0.15) is 0 Å². The van der Waals surface area contributed by atoms with Gasteiger partial charge < -0.3 is 18.8 Å². The fourth-order valence-electron chi connectivity index (χ4n) is 2.44. The van der Waals surface area contributed by atoms with Crippen LogP contribution in [-0.2, 0) is 23.6 Å². The van der Waals surface area contributed by atoms with Crippen LogP contribution in [0.3, 0.4) is 0 Å². The Labute approximate surface area is 145 Å². The second-order valence-corrected chi connectivity index (χ2v) is 8.32. The van der Waals surface area contributed by atoms with E-state index in [0.29, 0.717) is 6.42 Å². The van der Waals surface area contributed by atoms with Crippen molar-refractivity contribution in [1.82, 2.24) is 0 Å². The maximum absolute atomic E-state index is 11.7. The molecule has 24 heavy (non-hydrogen) atoms. The lowest BCUT2D eigenvalue weighted by Crippen LogP contribution is -2.41. The topological polar surface area (TPSA) is 54.0 Å². The van der Waals surface area contributed by atoms with Crippen LogP contribution in [0.1, 0.15) is 54.9 Å². The number of allylic oxidation sites excluding steroid dienone is 2. The largest absolute Gasteiger partial charge is 0.494 e. The Morgan fingerprint density at radius 2 is 1.83 bits per heavy atom. The van der Waals surface area contributed by atoms with Gasteiger partial charge in [0.2, 0.25) is 0 Å². The van der Waals surface area contributed by atoms with Crippen LogP contribution < -0.4 is 0 Å². The minimum Gasteiger partial charge on any atom is -0.458 e. The molecule has 0 aromatic rings. The Kier molecular flexibility index (Phi) is 5.33. The first-order valence-electron chi connectivity index (χ1n) is 8.47. The van der Waals surface area contributed by atoms with Gasteiger partial charge in [-0.3, -0.25) is 0 Å². The highest BCUT2D eigenvalue weighted by Gasteiger charge is 2.52. The van der Waals surface area contributed by atoms with Crippen LogP contribution in [0.4, 0.5) is 0 Å². The Morgan fingerprint density at radius 1 is 1.25 bits per heavy atom. The molecular formula is C18H29BO5. The number of hydrogen-bond acceptors (Lipinski definition) is 5. The van der Waals surface area contributed by atoms with E-state index in [1.54, 1.807) is 0 Å². The van der Waals surface area contributed by atoms with Gasteiger partial charge in [0.15, 0.2) is 0 Å². The van der Waals surface area contributed by atoms with Crippen molar-refractivity contribution in [2.45, 2.75) is 77.8 Å². The zero-order chi connectivity index (χ0) is 18.2. The molecule has 1 aliphatic carbocycles. The van der Waals surface area contributed by atoms with Crippen molar-refractivity contribution in [1.29, 1.82) is 0 Å².